The lowest BCUT2D eigenvalue weighted by molar-refractivity contribution is -0.394. The van der Waals surface area contributed by atoms with Crippen LogP contribution in [0.15, 0.2) is 18.2 Å². The second-order valence-electron chi connectivity index (χ2n) is 8.42. The third-order valence-electron chi connectivity index (χ3n) is 4.41. The highest BCUT2D eigenvalue weighted by Crippen LogP contribution is 2.23. The molecule has 0 aliphatic rings. The van der Waals surface area contributed by atoms with Gasteiger partial charge in [-0.15, -0.1) is 0 Å². The Morgan fingerprint density at radius 3 is 2.03 bits per heavy atom. The van der Waals surface area contributed by atoms with Crippen molar-refractivity contribution in [1.29, 1.82) is 0 Å². The van der Waals surface area contributed by atoms with Crippen molar-refractivity contribution in [1.82, 2.24) is 5.32 Å². The normalized spacial score (nSPS) is 12.1. The minimum atomic E-state index is -0.796. The Morgan fingerprint density at radius 2 is 1.55 bits per heavy atom. The first kappa shape index (κ1) is 26.0. The Balaban J connectivity index is 2.97. The fraction of sp³-hybridized carbons (Fsp3) is 0.619. The average molecular weight is 437 g/mol. The molecule has 0 fully saturated rings. The lowest BCUT2D eigenvalue weighted by atomic mass is 10.0. The molecular formula is C21H31N3O7. The zero-order valence-electron chi connectivity index (χ0n) is 18.5. The molecule has 0 aliphatic carbocycles. The molecule has 0 radical (unpaired) electrons. The number of unbranched alkanes of at least 4 members (excludes halogenated alkanes) is 4. The molecule has 0 unspecified atom stereocenters. The van der Waals surface area contributed by atoms with E-state index in [4.69, 9.17) is 4.74 Å². The van der Waals surface area contributed by atoms with Crippen LogP contribution in [0.25, 0.3) is 0 Å². The number of carbonyl (C=O) groups is 2. The van der Waals surface area contributed by atoms with Crippen LogP contribution in [-0.2, 0) is 9.53 Å². The van der Waals surface area contributed by atoms with Crippen molar-refractivity contribution in [3.63, 3.8) is 0 Å². The molecule has 0 heterocycles. The highest BCUT2D eigenvalue weighted by atomic mass is 16.6. The van der Waals surface area contributed by atoms with E-state index >= 15 is 0 Å². The number of non-ortho nitro benzene ring substituents is 2. The molecule has 1 atom stereocenters. The molecule has 1 amide bonds. The Kier molecular flexibility index (Phi) is 10.0. The second kappa shape index (κ2) is 12.0. The van der Waals surface area contributed by atoms with Crippen LogP contribution in [0.1, 0.15) is 83.0 Å². The lowest BCUT2D eigenvalue weighted by Gasteiger charge is -2.23. The third-order valence-corrected chi connectivity index (χ3v) is 4.41. The summed E-state index contributed by atoms with van der Waals surface area (Å²) < 4.78 is 5.33. The summed E-state index contributed by atoms with van der Waals surface area (Å²) in [5, 5.41) is 24.8. The zero-order valence-corrected chi connectivity index (χ0v) is 18.5. The Hall–Kier alpha value is -3.04. The molecule has 0 spiro atoms. The van der Waals surface area contributed by atoms with Gasteiger partial charge in [-0.1, -0.05) is 39.0 Å². The van der Waals surface area contributed by atoms with Crippen molar-refractivity contribution in [3.8, 4) is 0 Å². The van der Waals surface area contributed by atoms with E-state index in [1.165, 1.54) is 0 Å². The maximum atomic E-state index is 12.7. The van der Waals surface area contributed by atoms with Gasteiger partial charge in [0.25, 0.3) is 17.3 Å². The van der Waals surface area contributed by atoms with Crippen molar-refractivity contribution in [3.05, 3.63) is 44.0 Å². The summed E-state index contributed by atoms with van der Waals surface area (Å²) in [6, 6.07) is 2.20. The molecule has 1 rings (SSSR count). The molecule has 1 aromatic carbocycles. The molecule has 10 heteroatoms. The summed E-state index contributed by atoms with van der Waals surface area (Å²) in [5.74, 6) is -1.19. The van der Waals surface area contributed by atoms with Gasteiger partial charge in [0.05, 0.1) is 27.9 Å². The number of benzene rings is 1. The monoisotopic (exact) mass is 437 g/mol. The van der Waals surface area contributed by atoms with E-state index in [-0.39, 0.29) is 12.0 Å². The summed E-state index contributed by atoms with van der Waals surface area (Å²) in [5.41, 5.74) is -1.99. The summed E-state index contributed by atoms with van der Waals surface area (Å²) in [6.07, 6.45) is 5.41. The first-order valence-electron chi connectivity index (χ1n) is 10.4. The smallest absolute Gasteiger partial charge is 0.308 e. The van der Waals surface area contributed by atoms with E-state index in [2.05, 4.69) is 12.2 Å². The Bertz CT molecular complexity index is 770. The highest BCUT2D eigenvalue weighted by Gasteiger charge is 2.24. The molecule has 0 bridgehead atoms. The summed E-state index contributed by atoms with van der Waals surface area (Å²) in [7, 11) is 0. The van der Waals surface area contributed by atoms with Gasteiger partial charge < -0.3 is 10.1 Å². The second-order valence-corrected chi connectivity index (χ2v) is 8.42. The van der Waals surface area contributed by atoms with Crippen LogP contribution in [0.4, 0.5) is 11.4 Å². The minimum Gasteiger partial charge on any atom is -0.460 e. The fourth-order valence-corrected chi connectivity index (χ4v) is 3.01. The number of nitro benzene ring substituents is 2. The molecule has 0 saturated heterocycles. The van der Waals surface area contributed by atoms with Crippen LogP contribution in [0.2, 0.25) is 0 Å². The number of ether oxygens (including phenoxy) is 1. The minimum absolute atomic E-state index is 0.0617. The largest absolute Gasteiger partial charge is 0.460 e. The number of nitrogens with zero attached hydrogens (tertiary/aromatic N) is 2. The summed E-state index contributed by atoms with van der Waals surface area (Å²) in [4.78, 5) is 45.5. The van der Waals surface area contributed by atoms with Gasteiger partial charge in [-0.25, -0.2) is 0 Å². The number of hydrogen-bond donors (Lipinski definition) is 1. The van der Waals surface area contributed by atoms with Crippen molar-refractivity contribution in [2.75, 3.05) is 0 Å². The van der Waals surface area contributed by atoms with Crippen molar-refractivity contribution in [2.24, 2.45) is 0 Å². The number of nitro groups is 2. The highest BCUT2D eigenvalue weighted by molar-refractivity contribution is 5.96. The number of esters is 1. The van der Waals surface area contributed by atoms with Crippen LogP contribution >= 0.6 is 0 Å². The first-order chi connectivity index (χ1) is 14.4. The van der Waals surface area contributed by atoms with Crippen LogP contribution in [0.3, 0.4) is 0 Å². The molecule has 1 N–H and O–H groups in total. The molecule has 0 aliphatic heterocycles. The van der Waals surface area contributed by atoms with Gasteiger partial charge in [-0.2, -0.15) is 0 Å². The standard InChI is InChI=1S/C21H31N3O7/c1-5-6-7-8-9-10-16(13-19(25)31-21(2,3)4)22-20(26)15-11-17(23(27)28)14-18(12-15)24(29)30/h11-12,14,16H,5-10,13H2,1-4H3,(H,22,26)/t16-/m1/s1. The Morgan fingerprint density at radius 1 is 1.00 bits per heavy atom. The number of hydrogen-bond acceptors (Lipinski definition) is 7. The molecule has 0 aromatic heterocycles. The van der Waals surface area contributed by atoms with Crippen LogP contribution in [0.5, 0.6) is 0 Å². The van der Waals surface area contributed by atoms with E-state index in [9.17, 15) is 29.8 Å². The predicted octanol–water partition coefficient (Wildman–Crippen LogP) is 4.69. The zero-order chi connectivity index (χ0) is 23.6. The maximum Gasteiger partial charge on any atom is 0.308 e. The summed E-state index contributed by atoms with van der Waals surface area (Å²) >= 11 is 0. The SMILES string of the molecule is CCCCCCC[C@H](CC(=O)OC(C)(C)C)NC(=O)c1cc([N+](=O)[O-])cc([N+](=O)[O-])c1. The Labute approximate surface area is 181 Å². The maximum absolute atomic E-state index is 12.7. The van der Waals surface area contributed by atoms with Gasteiger partial charge in [0.1, 0.15) is 5.60 Å². The van der Waals surface area contributed by atoms with Crippen LogP contribution < -0.4 is 5.32 Å². The van der Waals surface area contributed by atoms with Gasteiger partial charge in [-0.3, -0.25) is 29.8 Å². The number of amides is 1. The number of carbonyl (C=O) groups excluding carboxylic acids is 2. The third kappa shape index (κ3) is 10.0. The van der Waals surface area contributed by atoms with Crippen LogP contribution in [0, 0.1) is 20.2 Å². The lowest BCUT2D eigenvalue weighted by Crippen LogP contribution is -2.38. The van der Waals surface area contributed by atoms with E-state index in [1.54, 1.807) is 20.8 Å². The van der Waals surface area contributed by atoms with E-state index in [0.717, 1.165) is 50.3 Å². The number of nitrogens with one attached hydrogen (secondary N) is 1. The molecule has 1 aromatic rings. The molecular weight excluding hydrogens is 406 g/mol. The number of rotatable bonds is 12. The molecule has 10 nitrogen and oxygen atoms in total. The van der Waals surface area contributed by atoms with E-state index < -0.39 is 44.7 Å². The van der Waals surface area contributed by atoms with Gasteiger partial charge in [-0.05, 0) is 27.2 Å². The van der Waals surface area contributed by atoms with Crippen LogP contribution in [-0.4, -0.2) is 33.4 Å². The fourth-order valence-electron chi connectivity index (χ4n) is 3.01. The van der Waals surface area contributed by atoms with Gasteiger partial charge in [0, 0.05) is 18.2 Å². The predicted molar refractivity (Wildman–Crippen MR) is 115 cm³/mol. The van der Waals surface area contributed by atoms with Crippen molar-refractivity contribution in [2.45, 2.75) is 84.3 Å². The topological polar surface area (TPSA) is 142 Å². The van der Waals surface area contributed by atoms with E-state index in [1.807, 2.05) is 0 Å². The van der Waals surface area contributed by atoms with E-state index in [0.29, 0.717) is 6.42 Å². The molecule has 0 saturated carbocycles. The van der Waals surface area contributed by atoms with Gasteiger partial charge >= 0.3 is 5.97 Å². The van der Waals surface area contributed by atoms with Gasteiger partial charge in [0.2, 0.25) is 0 Å². The summed E-state index contributed by atoms with van der Waals surface area (Å²) in [6.45, 7) is 7.33. The quantitative estimate of drug-likeness (QED) is 0.216. The first-order valence-corrected chi connectivity index (χ1v) is 10.4. The average Bonchev–Trinajstić information content (AvgIpc) is 2.65. The molecule has 31 heavy (non-hydrogen) atoms. The van der Waals surface area contributed by atoms with Crippen molar-refractivity contribution < 1.29 is 24.2 Å². The van der Waals surface area contributed by atoms with Gasteiger partial charge in [0.15, 0.2) is 0 Å². The molecule has 172 valence electrons. The van der Waals surface area contributed by atoms with Crippen molar-refractivity contribution >= 4 is 23.3 Å².